The van der Waals surface area contributed by atoms with Crippen LogP contribution in [-0.2, 0) is 4.74 Å². The Kier molecular flexibility index (Phi) is 16.6. The van der Waals surface area contributed by atoms with E-state index in [0.29, 0.717) is 0 Å². The molecule has 2 heteroatoms. The zero-order chi connectivity index (χ0) is 6.95. The molecule has 10 heavy (non-hydrogen) atoms. The van der Waals surface area contributed by atoms with Crippen LogP contribution in [-0.4, -0.2) is 37.1 Å². The van der Waals surface area contributed by atoms with Crippen molar-refractivity contribution >= 4 is 23.9 Å². The van der Waals surface area contributed by atoms with E-state index in [-0.39, 0.29) is 23.9 Å². The van der Waals surface area contributed by atoms with Crippen molar-refractivity contribution in [3.05, 3.63) is 0 Å². The fraction of sp³-hybridized carbons (Fsp3) is 1.00. The maximum absolute atomic E-state index is 5.31. The second-order valence-corrected chi connectivity index (χ2v) is 2.32. The van der Waals surface area contributed by atoms with Gasteiger partial charge in [0.05, 0.1) is 0 Å². The molecule has 0 fully saturated rings. The molecule has 0 aromatic carbocycles. The molecule has 0 spiro atoms. The van der Waals surface area contributed by atoms with Crippen molar-refractivity contribution in [2.45, 2.75) is 39.5 Å². The third-order valence-corrected chi connectivity index (χ3v) is 1.28. The Morgan fingerprint density at radius 3 is 1.60 bits per heavy atom. The normalized spacial score (nSPS) is 9.00. The number of ether oxygens (including phenoxy) is 1. The van der Waals surface area contributed by atoms with Crippen molar-refractivity contribution in [2.24, 2.45) is 0 Å². The molecule has 0 N–H and O–H groups in total. The Balaban J connectivity index is 0. The van der Waals surface area contributed by atoms with Gasteiger partial charge in [-0.25, -0.2) is 0 Å². The summed E-state index contributed by atoms with van der Waals surface area (Å²) in [7, 11) is 0. The molecule has 0 heterocycles. The van der Waals surface area contributed by atoms with Crippen LogP contribution >= 0.6 is 0 Å². The molecule has 0 aromatic rings. The van der Waals surface area contributed by atoms with Gasteiger partial charge in [-0.2, -0.15) is 0 Å². The molecule has 0 aliphatic rings. The summed E-state index contributed by atoms with van der Waals surface area (Å²) in [6, 6.07) is 0. The minimum Gasteiger partial charge on any atom is -0.381 e. The Labute approximate surface area is 81.5 Å². The van der Waals surface area contributed by atoms with Gasteiger partial charge in [0, 0.05) is 37.1 Å². The van der Waals surface area contributed by atoms with Crippen LogP contribution in [0.25, 0.3) is 0 Å². The zero-order valence-electron chi connectivity index (χ0n) is 7.15. The van der Waals surface area contributed by atoms with E-state index in [4.69, 9.17) is 4.74 Å². The molecule has 0 saturated carbocycles. The van der Waals surface area contributed by atoms with Gasteiger partial charge in [-0.05, 0) is 12.8 Å². The standard InChI is InChI=1S/C8H18O.Sn/c1-3-5-7-9-8-6-4-2;/h3-8H2,1-2H3;. The van der Waals surface area contributed by atoms with Gasteiger partial charge in [-0.1, -0.05) is 26.7 Å². The van der Waals surface area contributed by atoms with E-state index in [9.17, 15) is 0 Å². The topological polar surface area (TPSA) is 9.23 Å². The molecule has 0 unspecified atom stereocenters. The molecule has 1 nitrogen and oxygen atoms in total. The van der Waals surface area contributed by atoms with Crippen LogP contribution in [0.1, 0.15) is 39.5 Å². The maximum atomic E-state index is 5.31. The van der Waals surface area contributed by atoms with Gasteiger partial charge in [0.25, 0.3) is 0 Å². The largest absolute Gasteiger partial charge is 0.381 e. The molecule has 0 amide bonds. The summed E-state index contributed by atoms with van der Waals surface area (Å²) in [4.78, 5) is 0. The second-order valence-electron chi connectivity index (χ2n) is 2.32. The molecule has 4 radical (unpaired) electrons. The van der Waals surface area contributed by atoms with Gasteiger partial charge in [0.2, 0.25) is 0 Å². The van der Waals surface area contributed by atoms with Crippen LogP contribution in [0.5, 0.6) is 0 Å². The molecule has 0 rings (SSSR count). The van der Waals surface area contributed by atoms with Gasteiger partial charge in [-0.3, -0.25) is 0 Å². The summed E-state index contributed by atoms with van der Waals surface area (Å²) in [6.07, 6.45) is 4.91. The fourth-order valence-corrected chi connectivity index (χ4v) is 0.595. The average molecular weight is 249 g/mol. The summed E-state index contributed by atoms with van der Waals surface area (Å²) >= 11 is 0. The van der Waals surface area contributed by atoms with Gasteiger partial charge >= 0.3 is 0 Å². The molecule has 0 saturated heterocycles. The summed E-state index contributed by atoms with van der Waals surface area (Å²) in [5.41, 5.74) is 0. The summed E-state index contributed by atoms with van der Waals surface area (Å²) in [5, 5.41) is 0. The van der Waals surface area contributed by atoms with Gasteiger partial charge in [0.1, 0.15) is 0 Å². The minimum atomic E-state index is 0. The Morgan fingerprint density at radius 2 is 1.30 bits per heavy atom. The van der Waals surface area contributed by atoms with Crippen molar-refractivity contribution in [3.63, 3.8) is 0 Å². The quantitative estimate of drug-likeness (QED) is 0.518. The fourth-order valence-electron chi connectivity index (χ4n) is 0.595. The first-order valence-corrected chi connectivity index (χ1v) is 3.99. The number of rotatable bonds is 6. The smallest absolute Gasteiger partial charge is 0.0465 e. The van der Waals surface area contributed by atoms with Gasteiger partial charge in [-0.15, -0.1) is 0 Å². The van der Waals surface area contributed by atoms with Crippen molar-refractivity contribution in [3.8, 4) is 0 Å². The summed E-state index contributed by atoms with van der Waals surface area (Å²) < 4.78 is 5.31. The van der Waals surface area contributed by atoms with Gasteiger partial charge in [0.15, 0.2) is 0 Å². The monoisotopic (exact) mass is 250 g/mol. The van der Waals surface area contributed by atoms with E-state index in [0.717, 1.165) is 13.2 Å². The van der Waals surface area contributed by atoms with E-state index < -0.39 is 0 Å². The summed E-state index contributed by atoms with van der Waals surface area (Å²) in [5.74, 6) is 0. The van der Waals surface area contributed by atoms with Crippen molar-refractivity contribution in [1.82, 2.24) is 0 Å². The van der Waals surface area contributed by atoms with Crippen LogP contribution in [0.4, 0.5) is 0 Å². The van der Waals surface area contributed by atoms with E-state index in [2.05, 4.69) is 13.8 Å². The molecule has 0 atom stereocenters. The van der Waals surface area contributed by atoms with Crippen LogP contribution in [0.2, 0.25) is 0 Å². The van der Waals surface area contributed by atoms with Gasteiger partial charge < -0.3 is 4.74 Å². The molecule has 0 aliphatic heterocycles. The first kappa shape index (κ1) is 13.4. The number of hydrogen-bond acceptors (Lipinski definition) is 1. The predicted octanol–water partition coefficient (Wildman–Crippen LogP) is 2.22. The number of unbranched alkanes of at least 4 members (excludes halogenated alkanes) is 2. The zero-order valence-corrected chi connectivity index (χ0v) is 10.0. The SMILES string of the molecule is CCCCOCCCC.[Sn]. The molecular formula is C8H18OSn. The molecular weight excluding hydrogens is 231 g/mol. The van der Waals surface area contributed by atoms with Crippen molar-refractivity contribution < 1.29 is 4.74 Å². The first-order chi connectivity index (χ1) is 4.41. The van der Waals surface area contributed by atoms with Crippen molar-refractivity contribution in [2.75, 3.05) is 13.2 Å². The Morgan fingerprint density at radius 1 is 0.900 bits per heavy atom. The Bertz CT molecular complexity index is 42.5. The van der Waals surface area contributed by atoms with E-state index in [1.165, 1.54) is 25.7 Å². The third-order valence-electron chi connectivity index (χ3n) is 1.28. The minimum absolute atomic E-state index is 0. The Hall–Kier alpha value is 0.759. The first-order valence-electron chi connectivity index (χ1n) is 3.99. The molecule has 0 aliphatic carbocycles. The van der Waals surface area contributed by atoms with E-state index in [1.54, 1.807) is 0 Å². The molecule has 60 valence electrons. The molecule has 0 bridgehead atoms. The van der Waals surface area contributed by atoms with E-state index >= 15 is 0 Å². The van der Waals surface area contributed by atoms with Crippen LogP contribution < -0.4 is 0 Å². The predicted molar refractivity (Wildman–Crippen MR) is 46.4 cm³/mol. The van der Waals surface area contributed by atoms with E-state index in [1.807, 2.05) is 0 Å². The van der Waals surface area contributed by atoms with Crippen LogP contribution in [0.15, 0.2) is 0 Å². The summed E-state index contributed by atoms with van der Waals surface area (Å²) in [6.45, 7) is 6.28. The molecule has 0 aromatic heterocycles. The second kappa shape index (κ2) is 12.4. The third kappa shape index (κ3) is 11.5. The van der Waals surface area contributed by atoms with Crippen LogP contribution in [0, 0.1) is 0 Å². The average Bonchev–Trinajstić information content (AvgIpc) is 1.89. The maximum Gasteiger partial charge on any atom is 0.0465 e. The number of hydrogen-bond donors (Lipinski definition) is 0. The van der Waals surface area contributed by atoms with Crippen LogP contribution in [0.3, 0.4) is 0 Å². The van der Waals surface area contributed by atoms with Crippen molar-refractivity contribution in [1.29, 1.82) is 0 Å².